The molecule has 6 nitrogen and oxygen atoms in total. The number of nitrogens with zero attached hydrogens (tertiary/aromatic N) is 2. The third-order valence-corrected chi connectivity index (χ3v) is 4.34. The van der Waals surface area contributed by atoms with Gasteiger partial charge in [-0.25, -0.2) is 9.66 Å². The topological polar surface area (TPSA) is 79.4 Å². The van der Waals surface area contributed by atoms with Crippen LogP contribution in [0, 0.1) is 0 Å². The van der Waals surface area contributed by atoms with Crippen molar-refractivity contribution in [3.05, 3.63) is 64.2 Å². The van der Waals surface area contributed by atoms with E-state index in [2.05, 4.69) is 4.98 Å². The Labute approximate surface area is 145 Å². The first-order valence-corrected chi connectivity index (χ1v) is 8.02. The minimum Gasteiger partial charge on any atom is -0.497 e. The third-order valence-electron chi connectivity index (χ3n) is 4.34. The van der Waals surface area contributed by atoms with E-state index in [1.165, 1.54) is 0 Å². The number of methoxy groups -OCH3 is 2. The molecule has 1 atom stereocenters. The number of ether oxygens (including phenoxy) is 2. The number of hydrogen-bond donors (Lipinski definition) is 1. The van der Waals surface area contributed by atoms with E-state index in [0.717, 1.165) is 21.7 Å². The lowest BCUT2D eigenvalue weighted by Crippen LogP contribution is -2.32. The lowest BCUT2D eigenvalue weighted by Gasteiger charge is -2.17. The van der Waals surface area contributed by atoms with Crippen LogP contribution in [0.5, 0.6) is 11.5 Å². The summed E-state index contributed by atoms with van der Waals surface area (Å²) < 4.78 is 11.8. The molecule has 0 aliphatic heterocycles. The lowest BCUT2D eigenvalue weighted by molar-refractivity contribution is 0.388. The number of nitrogens with two attached hydrogens (primary N) is 1. The van der Waals surface area contributed by atoms with Crippen LogP contribution >= 0.6 is 0 Å². The van der Waals surface area contributed by atoms with Crippen molar-refractivity contribution in [1.29, 1.82) is 0 Å². The predicted octanol–water partition coefficient (Wildman–Crippen LogP) is 2.47. The van der Waals surface area contributed by atoms with E-state index in [0.29, 0.717) is 23.1 Å². The number of para-hydroxylation sites is 1. The van der Waals surface area contributed by atoms with Crippen molar-refractivity contribution < 1.29 is 9.47 Å². The summed E-state index contributed by atoms with van der Waals surface area (Å²) in [7, 11) is 3.24. The summed E-state index contributed by atoms with van der Waals surface area (Å²) in [5, 5.41) is 0.517. The quantitative estimate of drug-likeness (QED) is 0.723. The Hall–Kier alpha value is -3.02. The van der Waals surface area contributed by atoms with Crippen LogP contribution in [0.25, 0.3) is 10.9 Å². The number of nitrogen functional groups attached to an aromatic ring is 1. The fraction of sp³-hybridized carbons (Fsp3) is 0.263. The fourth-order valence-electron chi connectivity index (χ4n) is 2.95. The Bertz CT molecular complexity index is 966. The van der Waals surface area contributed by atoms with Crippen molar-refractivity contribution in [3.8, 4) is 11.5 Å². The third kappa shape index (κ3) is 3.15. The Kier molecular flexibility index (Phi) is 4.61. The minimum atomic E-state index is -0.241. The van der Waals surface area contributed by atoms with E-state index in [4.69, 9.17) is 15.3 Å². The van der Waals surface area contributed by atoms with Crippen LogP contribution in [-0.2, 0) is 6.42 Å². The van der Waals surface area contributed by atoms with Crippen LogP contribution in [0.2, 0.25) is 0 Å². The average Bonchev–Trinajstić information content (AvgIpc) is 2.65. The zero-order valence-electron chi connectivity index (χ0n) is 14.5. The van der Waals surface area contributed by atoms with E-state index in [1.807, 2.05) is 37.3 Å². The lowest BCUT2D eigenvalue weighted by atomic mass is 9.96. The van der Waals surface area contributed by atoms with Crippen LogP contribution in [0.1, 0.15) is 24.2 Å². The number of aromatic nitrogens is 2. The van der Waals surface area contributed by atoms with Crippen molar-refractivity contribution in [1.82, 2.24) is 9.66 Å². The highest BCUT2D eigenvalue weighted by atomic mass is 16.5. The second kappa shape index (κ2) is 6.84. The molecule has 0 saturated heterocycles. The van der Waals surface area contributed by atoms with Crippen LogP contribution in [0.15, 0.2) is 47.3 Å². The SMILES string of the molecule is COc1ccc([C@@H](C)Cc2nc3ccccc3c(=O)n2N)c(OC)c1. The smallest absolute Gasteiger partial charge is 0.279 e. The van der Waals surface area contributed by atoms with E-state index < -0.39 is 0 Å². The van der Waals surface area contributed by atoms with Gasteiger partial charge >= 0.3 is 0 Å². The normalized spacial score (nSPS) is 12.1. The zero-order chi connectivity index (χ0) is 18.0. The first-order valence-electron chi connectivity index (χ1n) is 8.02. The molecule has 25 heavy (non-hydrogen) atoms. The molecule has 6 heteroatoms. The van der Waals surface area contributed by atoms with Gasteiger partial charge in [-0.1, -0.05) is 25.1 Å². The number of fused-ring (bicyclic) bond motifs is 1. The number of rotatable bonds is 5. The van der Waals surface area contributed by atoms with Gasteiger partial charge in [-0.05, 0) is 29.7 Å². The molecule has 0 saturated carbocycles. The molecule has 1 aromatic heterocycles. The molecule has 0 fully saturated rings. The van der Waals surface area contributed by atoms with Gasteiger partial charge in [0.05, 0.1) is 25.1 Å². The van der Waals surface area contributed by atoms with Crippen molar-refractivity contribution >= 4 is 10.9 Å². The minimum absolute atomic E-state index is 0.0590. The maximum absolute atomic E-state index is 12.4. The second-order valence-electron chi connectivity index (χ2n) is 5.93. The molecule has 3 rings (SSSR count). The first kappa shape index (κ1) is 16.8. The van der Waals surface area contributed by atoms with Crippen molar-refractivity contribution in [2.45, 2.75) is 19.3 Å². The van der Waals surface area contributed by atoms with Crippen molar-refractivity contribution in [2.24, 2.45) is 0 Å². The summed E-state index contributed by atoms with van der Waals surface area (Å²) in [6.45, 7) is 2.05. The highest BCUT2D eigenvalue weighted by Crippen LogP contribution is 2.32. The first-order chi connectivity index (χ1) is 12.0. The molecule has 0 aliphatic rings. The number of benzene rings is 2. The average molecular weight is 339 g/mol. The van der Waals surface area contributed by atoms with E-state index in [9.17, 15) is 4.79 Å². The van der Waals surface area contributed by atoms with Crippen molar-refractivity contribution in [2.75, 3.05) is 20.1 Å². The van der Waals surface area contributed by atoms with E-state index in [1.54, 1.807) is 26.4 Å². The number of hydrogen-bond acceptors (Lipinski definition) is 5. The van der Waals surface area contributed by atoms with Gasteiger partial charge in [0.2, 0.25) is 0 Å². The van der Waals surface area contributed by atoms with Gasteiger partial charge in [-0.15, -0.1) is 0 Å². The van der Waals surface area contributed by atoms with Gasteiger partial charge in [0, 0.05) is 12.5 Å². The molecule has 2 aromatic carbocycles. The van der Waals surface area contributed by atoms with Crippen LogP contribution in [-0.4, -0.2) is 23.9 Å². The monoisotopic (exact) mass is 339 g/mol. The summed E-state index contributed by atoms with van der Waals surface area (Å²) in [6, 6.07) is 12.9. The maximum atomic E-state index is 12.4. The predicted molar refractivity (Wildman–Crippen MR) is 97.8 cm³/mol. The molecular weight excluding hydrogens is 318 g/mol. The molecule has 2 N–H and O–H groups in total. The van der Waals surface area contributed by atoms with Gasteiger partial charge in [-0.3, -0.25) is 4.79 Å². The Balaban J connectivity index is 1.99. The molecule has 0 spiro atoms. The summed E-state index contributed by atoms with van der Waals surface area (Å²) in [4.78, 5) is 17.0. The maximum Gasteiger partial charge on any atom is 0.279 e. The summed E-state index contributed by atoms with van der Waals surface area (Å²) >= 11 is 0. The molecule has 3 aromatic rings. The van der Waals surface area contributed by atoms with Gasteiger partial charge in [0.15, 0.2) is 0 Å². The molecule has 130 valence electrons. The zero-order valence-corrected chi connectivity index (χ0v) is 14.5. The largest absolute Gasteiger partial charge is 0.497 e. The Morgan fingerprint density at radius 2 is 1.92 bits per heavy atom. The van der Waals surface area contributed by atoms with E-state index >= 15 is 0 Å². The van der Waals surface area contributed by atoms with Crippen LogP contribution < -0.4 is 20.9 Å². The van der Waals surface area contributed by atoms with Crippen LogP contribution in [0.4, 0.5) is 0 Å². The molecular formula is C19H21N3O3. The molecule has 0 bridgehead atoms. The summed E-state index contributed by atoms with van der Waals surface area (Å²) in [5.74, 6) is 8.04. The van der Waals surface area contributed by atoms with Crippen molar-refractivity contribution in [3.63, 3.8) is 0 Å². The molecule has 0 aliphatic carbocycles. The fourth-order valence-corrected chi connectivity index (χ4v) is 2.95. The highest BCUT2D eigenvalue weighted by Gasteiger charge is 2.17. The van der Waals surface area contributed by atoms with Gasteiger partial charge in [0.25, 0.3) is 5.56 Å². The van der Waals surface area contributed by atoms with Gasteiger partial charge in [-0.2, -0.15) is 0 Å². The Morgan fingerprint density at radius 1 is 1.16 bits per heavy atom. The standard InChI is InChI=1S/C19H21N3O3/c1-12(14-9-8-13(24-2)11-17(14)25-3)10-18-21-16-7-5-4-6-15(16)19(23)22(18)20/h4-9,11-12H,10,20H2,1-3H3/t12-/m0/s1. The molecule has 1 heterocycles. The summed E-state index contributed by atoms with van der Waals surface area (Å²) in [6.07, 6.45) is 0.513. The van der Waals surface area contributed by atoms with Crippen LogP contribution in [0.3, 0.4) is 0 Å². The highest BCUT2D eigenvalue weighted by molar-refractivity contribution is 5.77. The second-order valence-corrected chi connectivity index (χ2v) is 5.93. The Morgan fingerprint density at radius 3 is 2.64 bits per heavy atom. The van der Waals surface area contributed by atoms with Gasteiger partial charge in [0.1, 0.15) is 17.3 Å². The van der Waals surface area contributed by atoms with E-state index in [-0.39, 0.29) is 11.5 Å². The summed E-state index contributed by atoms with van der Waals surface area (Å²) in [5.41, 5.74) is 1.42. The molecule has 0 radical (unpaired) electrons. The molecule has 0 unspecified atom stereocenters. The molecule has 0 amide bonds. The van der Waals surface area contributed by atoms with Gasteiger partial charge < -0.3 is 15.3 Å².